The quantitative estimate of drug-likeness (QED) is 0.517. The highest BCUT2D eigenvalue weighted by Gasteiger charge is 2.30. The Kier molecular flexibility index (Phi) is 8.57. The second-order valence-corrected chi connectivity index (χ2v) is 8.37. The molecular weight excluding hydrogens is 418 g/mol. The normalized spacial score (nSPS) is 20.7. The Morgan fingerprint density at radius 3 is 2.87 bits per heavy atom. The fourth-order valence-corrected chi connectivity index (χ4v) is 4.25. The number of carbonyl (C=O) groups is 1. The topological polar surface area (TPSA) is 91.0 Å². The number of hydrogen-bond donors (Lipinski definition) is 1. The predicted octanol–water partition coefficient (Wildman–Crippen LogP) is 4.00. The molecule has 1 aliphatic carbocycles. The zero-order chi connectivity index (χ0) is 22.2. The van der Waals surface area contributed by atoms with Gasteiger partial charge in [0.15, 0.2) is 0 Å². The second kappa shape index (κ2) is 11.4. The van der Waals surface area contributed by atoms with Gasteiger partial charge in [0.2, 0.25) is 5.89 Å². The maximum absolute atomic E-state index is 10.6. The molecule has 0 aliphatic heterocycles. The van der Waals surface area contributed by atoms with E-state index in [2.05, 4.69) is 6.08 Å². The van der Waals surface area contributed by atoms with Crippen molar-refractivity contribution in [2.24, 2.45) is 0 Å². The second-order valence-electron chi connectivity index (χ2n) is 7.39. The number of oxazole rings is 1. The number of aryl methyl sites for hydroxylation is 1. The SMILES string of the molecule is COC1C=CC(c2nc(CCOc3cccc(CSCC(=O)O)c3)c(C)o2)CC1OC. The van der Waals surface area contributed by atoms with Crippen LogP contribution in [0.2, 0.25) is 0 Å². The number of carboxylic acids is 1. The molecule has 3 unspecified atom stereocenters. The van der Waals surface area contributed by atoms with Crippen molar-refractivity contribution in [2.75, 3.05) is 26.6 Å². The van der Waals surface area contributed by atoms with E-state index >= 15 is 0 Å². The van der Waals surface area contributed by atoms with Gasteiger partial charge in [-0.3, -0.25) is 4.79 Å². The minimum absolute atomic E-state index is 0.0278. The van der Waals surface area contributed by atoms with E-state index < -0.39 is 5.97 Å². The van der Waals surface area contributed by atoms with Crippen LogP contribution in [0.25, 0.3) is 0 Å². The molecule has 0 bridgehead atoms. The van der Waals surface area contributed by atoms with Crippen LogP contribution >= 0.6 is 11.8 Å². The molecule has 2 aromatic rings. The van der Waals surface area contributed by atoms with Crippen LogP contribution in [-0.4, -0.2) is 54.8 Å². The molecule has 1 aromatic heterocycles. The van der Waals surface area contributed by atoms with Gasteiger partial charge in [0.25, 0.3) is 0 Å². The number of methoxy groups -OCH3 is 2. The van der Waals surface area contributed by atoms with Gasteiger partial charge in [0.05, 0.1) is 30.1 Å². The summed E-state index contributed by atoms with van der Waals surface area (Å²) < 4.78 is 22.8. The molecule has 0 amide bonds. The maximum Gasteiger partial charge on any atom is 0.313 e. The van der Waals surface area contributed by atoms with Gasteiger partial charge in [-0.15, -0.1) is 11.8 Å². The van der Waals surface area contributed by atoms with E-state index in [0.717, 1.165) is 29.2 Å². The average molecular weight is 448 g/mol. The van der Waals surface area contributed by atoms with E-state index in [1.807, 2.05) is 37.3 Å². The Hall–Kier alpha value is -2.29. The molecule has 0 saturated carbocycles. The number of carboxylic acid groups (broad SMARTS) is 1. The van der Waals surface area contributed by atoms with Gasteiger partial charge in [0, 0.05) is 26.4 Å². The fraction of sp³-hybridized carbons (Fsp3) is 0.478. The van der Waals surface area contributed by atoms with Crippen LogP contribution in [0.3, 0.4) is 0 Å². The highest BCUT2D eigenvalue weighted by Crippen LogP contribution is 2.31. The Labute approximate surface area is 186 Å². The van der Waals surface area contributed by atoms with E-state index in [0.29, 0.717) is 24.7 Å². The van der Waals surface area contributed by atoms with Crippen molar-refractivity contribution in [3.63, 3.8) is 0 Å². The van der Waals surface area contributed by atoms with Gasteiger partial charge >= 0.3 is 5.97 Å². The van der Waals surface area contributed by atoms with Crippen molar-refractivity contribution >= 4 is 17.7 Å². The van der Waals surface area contributed by atoms with Crippen LogP contribution in [0.1, 0.15) is 35.2 Å². The van der Waals surface area contributed by atoms with Crippen LogP contribution < -0.4 is 4.74 Å². The van der Waals surface area contributed by atoms with Crippen LogP contribution in [-0.2, 0) is 26.4 Å². The predicted molar refractivity (Wildman–Crippen MR) is 119 cm³/mol. The van der Waals surface area contributed by atoms with Crippen molar-refractivity contribution in [3.05, 3.63) is 59.3 Å². The average Bonchev–Trinajstić information content (AvgIpc) is 3.14. The number of aromatic nitrogens is 1. The Morgan fingerprint density at radius 1 is 1.29 bits per heavy atom. The van der Waals surface area contributed by atoms with Crippen molar-refractivity contribution in [1.29, 1.82) is 0 Å². The highest BCUT2D eigenvalue weighted by molar-refractivity contribution is 7.99. The summed E-state index contributed by atoms with van der Waals surface area (Å²) in [5, 5.41) is 8.75. The van der Waals surface area contributed by atoms with E-state index in [-0.39, 0.29) is 23.9 Å². The first-order chi connectivity index (χ1) is 15.0. The van der Waals surface area contributed by atoms with Gasteiger partial charge < -0.3 is 23.7 Å². The summed E-state index contributed by atoms with van der Waals surface area (Å²) in [7, 11) is 3.37. The Bertz CT molecular complexity index is 896. The number of rotatable bonds is 11. The molecule has 3 rings (SSSR count). The van der Waals surface area contributed by atoms with Crippen molar-refractivity contribution in [1.82, 2.24) is 4.98 Å². The molecule has 31 heavy (non-hydrogen) atoms. The minimum Gasteiger partial charge on any atom is -0.493 e. The molecule has 8 heteroatoms. The summed E-state index contributed by atoms with van der Waals surface area (Å²) in [6, 6.07) is 7.73. The molecule has 0 saturated heterocycles. The monoisotopic (exact) mass is 447 g/mol. The van der Waals surface area contributed by atoms with Gasteiger partial charge in [-0.2, -0.15) is 0 Å². The minimum atomic E-state index is -0.806. The molecule has 1 heterocycles. The van der Waals surface area contributed by atoms with Crippen LogP contribution in [0.15, 0.2) is 40.8 Å². The zero-order valence-corrected chi connectivity index (χ0v) is 18.9. The first-order valence-corrected chi connectivity index (χ1v) is 11.4. The fourth-order valence-electron chi connectivity index (χ4n) is 3.56. The van der Waals surface area contributed by atoms with E-state index in [4.69, 9.17) is 28.7 Å². The first kappa shape index (κ1) is 23.4. The molecule has 1 aromatic carbocycles. The van der Waals surface area contributed by atoms with Crippen LogP contribution in [0.5, 0.6) is 5.75 Å². The molecule has 0 spiro atoms. The van der Waals surface area contributed by atoms with Crippen LogP contribution in [0.4, 0.5) is 0 Å². The summed E-state index contributed by atoms with van der Waals surface area (Å²) in [6.07, 6.45) is 5.39. The molecule has 0 fully saturated rings. The lowest BCUT2D eigenvalue weighted by Crippen LogP contribution is -2.32. The zero-order valence-electron chi connectivity index (χ0n) is 18.1. The lowest BCUT2D eigenvalue weighted by molar-refractivity contribution is -0.133. The number of nitrogens with zero attached hydrogens (tertiary/aromatic N) is 1. The molecule has 7 nitrogen and oxygen atoms in total. The van der Waals surface area contributed by atoms with Crippen molar-refractivity contribution in [3.8, 4) is 5.75 Å². The molecule has 3 atom stereocenters. The van der Waals surface area contributed by atoms with E-state index in [1.54, 1.807) is 14.2 Å². The third-order valence-electron chi connectivity index (χ3n) is 5.19. The van der Waals surface area contributed by atoms with E-state index in [1.165, 1.54) is 11.8 Å². The third kappa shape index (κ3) is 6.59. The Morgan fingerprint density at radius 2 is 2.13 bits per heavy atom. The smallest absolute Gasteiger partial charge is 0.313 e. The molecular formula is C23H29NO6S. The van der Waals surface area contributed by atoms with Gasteiger partial charge in [-0.1, -0.05) is 24.3 Å². The number of aliphatic carboxylic acids is 1. The molecule has 1 N–H and O–H groups in total. The standard InChI is InChI=1S/C23H29NO6S/c1-15-19(24-23(30-15)17-7-8-20(27-2)21(12-17)28-3)9-10-29-18-6-4-5-16(11-18)13-31-14-22(25)26/h4-8,11,17,20-21H,9-10,12-14H2,1-3H3,(H,25,26). The molecule has 0 radical (unpaired) electrons. The number of benzene rings is 1. The number of hydrogen-bond acceptors (Lipinski definition) is 7. The summed E-state index contributed by atoms with van der Waals surface area (Å²) in [6.45, 7) is 2.40. The van der Waals surface area contributed by atoms with Crippen molar-refractivity contribution in [2.45, 2.75) is 43.6 Å². The highest BCUT2D eigenvalue weighted by atomic mass is 32.2. The summed E-state index contributed by atoms with van der Waals surface area (Å²) in [4.78, 5) is 15.4. The molecule has 1 aliphatic rings. The summed E-state index contributed by atoms with van der Waals surface area (Å²) in [5.74, 6) is 2.23. The van der Waals surface area contributed by atoms with Gasteiger partial charge in [0.1, 0.15) is 17.6 Å². The number of ether oxygens (including phenoxy) is 3. The Balaban J connectivity index is 1.54. The largest absolute Gasteiger partial charge is 0.493 e. The molecule has 168 valence electrons. The number of allylic oxidation sites excluding steroid dienone is 1. The lowest BCUT2D eigenvalue weighted by Gasteiger charge is -2.28. The first-order valence-electron chi connectivity index (χ1n) is 10.2. The van der Waals surface area contributed by atoms with Gasteiger partial charge in [-0.05, 0) is 31.0 Å². The van der Waals surface area contributed by atoms with Crippen molar-refractivity contribution < 1.29 is 28.5 Å². The summed E-state index contributed by atoms with van der Waals surface area (Å²) in [5.41, 5.74) is 1.93. The third-order valence-corrected chi connectivity index (χ3v) is 6.18. The lowest BCUT2D eigenvalue weighted by atomic mass is 9.91. The number of thioether (sulfide) groups is 1. The maximum atomic E-state index is 10.6. The van der Waals surface area contributed by atoms with Crippen LogP contribution in [0, 0.1) is 6.92 Å². The summed E-state index contributed by atoms with van der Waals surface area (Å²) >= 11 is 1.37. The van der Waals surface area contributed by atoms with E-state index in [9.17, 15) is 4.79 Å². The van der Waals surface area contributed by atoms with Gasteiger partial charge in [-0.25, -0.2) is 4.98 Å².